The predicted octanol–water partition coefficient (Wildman–Crippen LogP) is 20.3. The summed E-state index contributed by atoms with van der Waals surface area (Å²) in [7, 11) is 0. The minimum atomic E-state index is -0.0950. The third-order valence-electron chi connectivity index (χ3n) is 14.4. The Bertz CT molecular complexity index is 1190. The van der Waals surface area contributed by atoms with E-state index in [4.69, 9.17) is 4.74 Å². The highest BCUT2D eigenvalue weighted by Crippen LogP contribution is 2.23. The first-order valence-corrected chi connectivity index (χ1v) is 30.5. The van der Waals surface area contributed by atoms with E-state index in [9.17, 15) is 9.59 Å². The summed E-state index contributed by atoms with van der Waals surface area (Å²) in [6.45, 7) is 8.81. The number of unbranched alkanes of at least 4 members (excludes halogenated alkanes) is 45. The number of hydrogen-bond donors (Lipinski definition) is 2. The molecular weight excluding hydrogens is 821 g/mol. The highest BCUT2D eigenvalue weighted by atomic mass is 16.5. The van der Waals surface area contributed by atoms with Crippen LogP contribution in [0.1, 0.15) is 350 Å². The van der Waals surface area contributed by atoms with E-state index in [-0.39, 0.29) is 11.8 Å². The van der Waals surface area contributed by atoms with E-state index in [1.807, 2.05) is 0 Å². The van der Waals surface area contributed by atoms with Crippen molar-refractivity contribution in [3.8, 4) is 5.75 Å². The zero-order valence-electron chi connectivity index (χ0n) is 45.5. The number of nitrogens with one attached hydrogen (secondary N) is 2. The molecule has 5 heteroatoms. The predicted molar refractivity (Wildman–Crippen MR) is 295 cm³/mol. The summed E-state index contributed by atoms with van der Waals surface area (Å²) in [5.74, 6) is 0.370. The van der Waals surface area contributed by atoms with Crippen LogP contribution >= 0.6 is 0 Å². The third kappa shape index (κ3) is 42.6. The normalized spacial score (nSPS) is 11.4. The zero-order valence-corrected chi connectivity index (χ0v) is 45.5. The second-order valence-electron chi connectivity index (χ2n) is 21.0. The van der Waals surface area contributed by atoms with Gasteiger partial charge in [0.1, 0.15) is 5.75 Å². The summed E-state index contributed by atoms with van der Waals surface area (Å²) in [6.07, 6.45) is 64.4. The Balaban J connectivity index is 2.33. The van der Waals surface area contributed by atoms with E-state index in [2.05, 4.69) is 31.4 Å². The van der Waals surface area contributed by atoms with Gasteiger partial charge in [-0.3, -0.25) is 9.59 Å². The lowest BCUT2D eigenvalue weighted by atomic mass is 10.0. The van der Waals surface area contributed by atoms with Gasteiger partial charge in [-0.15, -0.1) is 0 Å². The Morgan fingerprint density at radius 1 is 0.328 bits per heavy atom. The van der Waals surface area contributed by atoms with Crippen molar-refractivity contribution in [2.45, 2.75) is 329 Å². The maximum Gasteiger partial charge on any atom is 0.255 e. The molecule has 1 aromatic rings. The molecule has 1 rings (SSSR count). The van der Waals surface area contributed by atoms with Crippen LogP contribution in [0.4, 0.5) is 0 Å². The second-order valence-corrected chi connectivity index (χ2v) is 21.0. The summed E-state index contributed by atoms with van der Waals surface area (Å²) in [5, 5.41) is 6.30. The minimum absolute atomic E-state index is 0.0760. The fourth-order valence-corrected chi connectivity index (χ4v) is 9.75. The molecule has 0 bridgehead atoms. The van der Waals surface area contributed by atoms with Crippen molar-refractivity contribution in [2.75, 3.05) is 19.7 Å². The zero-order chi connectivity index (χ0) is 48.2. The van der Waals surface area contributed by atoms with Crippen molar-refractivity contribution in [1.29, 1.82) is 0 Å². The molecule has 67 heavy (non-hydrogen) atoms. The molecule has 1 aromatic carbocycles. The maximum atomic E-state index is 13.4. The van der Waals surface area contributed by atoms with Gasteiger partial charge in [0.15, 0.2) is 0 Å². The number of amides is 2. The van der Waals surface area contributed by atoms with Gasteiger partial charge < -0.3 is 15.4 Å². The number of ether oxygens (including phenoxy) is 1. The Labute approximate surface area is 418 Å². The molecule has 0 unspecified atom stereocenters. The van der Waals surface area contributed by atoms with Crippen molar-refractivity contribution in [1.82, 2.24) is 10.6 Å². The summed E-state index contributed by atoms with van der Waals surface area (Å²) in [5.41, 5.74) is 1.12. The third-order valence-corrected chi connectivity index (χ3v) is 14.4. The van der Waals surface area contributed by atoms with Gasteiger partial charge in [0.25, 0.3) is 11.8 Å². The van der Waals surface area contributed by atoms with Crippen LogP contribution in [0.5, 0.6) is 5.75 Å². The molecule has 0 aromatic heterocycles. The first kappa shape index (κ1) is 63.0. The van der Waals surface area contributed by atoms with Gasteiger partial charge in [0, 0.05) is 18.7 Å². The lowest BCUT2D eigenvalue weighted by molar-refractivity contribution is 0.0937. The van der Waals surface area contributed by atoms with E-state index in [1.165, 1.54) is 270 Å². The maximum absolute atomic E-state index is 13.4. The quantitative estimate of drug-likeness (QED) is 0.0640. The summed E-state index contributed by atoms with van der Waals surface area (Å²) >= 11 is 0. The highest BCUT2D eigenvalue weighted by Gasteiger charge is 2.16. The molecule has 0 saturated carbocycles. The number of hydrogen-bond acceptors (Lipinski definition) is 3. The molecule has 2 N–H and O–H groups in total. The van der Waals surface area contributed by atoms with Crippen LogP contribution in [0.2, 0.25) is 0 Å². The van der Waals surface area contributed by atoms with Crippen LogP contribution in [0.15, 0.2) is 18.2 Å². The van der Waals surface area contributed by atoms with Gasteiger partial charge in [0.2, 0.25) is 0 Å². The monoisotopic (exact) mass is 937 g/mol. The van der Waals surface area contributed by atoms with E-state index in [1.54, 1.807) is 18.2 Å². The molecule has 0 atom stereocenters. The largest absolute Gasteiger partial charge is 0.493 e. The SMILES string of the molecule is CCCCCCCCCCCCCCCCCCCCNC(=O)c1ccc(C(=O)NCCCCCCCCCCCCCCCCCCCC)c(OCCCCCCCCCCCCCC)c1. The van der Waals surface area contributed by atoms with E-state index < -0.39 is 0 Å². The minimum Gasteiger partial charge on any atom is -0.493 e. The molecule has 0 spiro atoms. The van der Waals surface area contributed by atoms with Gasteiger partial charge in [-0.05, 0) is 37.5 Å². The number of rotatable bonds is 54. The van der Waals surface area contributed by atoms with Gasteiger partial charge in [0.05, 0.1) is 12.2 Å². The molecule has 0 aliphatic carbocycles. The van der Waals surface area contributed by atoms with Crippen molar-refractivity contribution >= 4 is 11.8 Å². The average Bonchev–Trinajstić information content (AvgIpc) is 3.34. The van der Waals surface area contributed by atoms with Crippen molar-refractivity contribution in [3.05, 3.63) is 29.3 Å². The van der Waals surface area contributed by atoms with E-state index in [0.717, 1.165) is 38.5 Å². The molecule has 0 saturated heterocycles. The van der Waals surface area contributed by atoms with Crippen LogP contribution in [0.25, 0.3) is 0 Å². The lowest BCUT2D eigenvalue weighted by Crippen LogP contribution is -2.26. The topological polar surface area (TPSA) is 67.4 Å². The fraction of sp³-hybridized carbons (Fsp3) is 0.871. The Kier molecular flexibility index (Phi) is 48.7. The Hall–Kier alpha value is -2.04. The molecule has 0 fully saturated rings. The Morgan fingerprint density at radius 3 is 0.881 bits per heavy atom. The fourth-order valence-electron chi connectivity index (χ4n) is 9.75. The van der Waals surface area contributed by atoms with E-state index >= 15 is 0 Å². The smallest absolute Gasteiger partial charge is 0.255 e. The van der Waals surface area contributed by atoms with Gasteiger partial charge >= 0.3 is 0 Å². The first-order valence-electron chi connectivity index (χ1n) is 30.5. The summed E-state index contributed by atoms with van der Waals surface area (Å²) < 4.78 is 6.29. The molecule has 5 nitrogen and oxygen atoms in total. The molecule has 0 radical (unpaired) electrons. The van der Waals surface area contributed by atoms with Crippen LogP contribution in [-0.4, -0.2) is 31.5 Å². The number of carbonyl (C=O) groups is 2. The van der Waals surface area contributed by atoms with Gasteiger partial charge in [-0.25, -0.2) is 0 Å². The van der Waals surface area contributed by atoms with Gasteiger partial charge in [-0.2, -0.15) is 0 Å². The van der Waals surface area contributed by atoms with Crippen LogP contribution < -0.4 is 15.4 Å². The molecule has 0 heterocycles. The number of benzene rings is 1. The standard InChI is InChI=1S/C62H116N2O3/c1-4-7-10-13-16-19-22-25-27-29-31-33-35-37-40-43-46-49-54-63-61(65)58-52-53-59(60(57-58)67-56-51-48-45-42-39-24-21-18-15-12-9-6-3)62(66)64-55-50-47-44-41-38-36-34-32-30-28-26-23-20-17-14-11-8-5-2/h52-53,57H,4-51,54-56H2,1-3H3,(H,63,65)(H,64,66). The molecular formula is C62H116N2O3. The Morgan fingerprint density at radius 2 is 0.582 bits per heavy atom. The van der Waals surface area contributed by atoms with Crippen molar-refractivity contribution < 1.29 is 14.3 Å². The second kappa shape index (κ2) is 51.8. The van der Waals surface area contributed by atoms with Crippen LogP contribution in [0.3, 0.4) is 0 Å². The molecule has 0 aliphatic heterocycles. The van der Waals surface area contributed by atoms with E-state index in [0.29, 0.717) is 36.6 Å². The lowest BCUT2D eigenvalue weighted by Gasteiger charge is -2.14. The summed E-state index contributed by atoms with van der Waals surface area (Å²) in [6, 6.07) is 5.40. The summed E-state index contributed by atoms with van der Waals surface area (Å²) in [4.78, 5) is 26.7. The average molecular weight is 938 g/mol. The highest BCUT2D eigenvalue weighted by molar-refractivity contribution is 6.00. The van der Waals surface area contributed by atoms with Gasteiger partial charge in [-0.1, -0.05) is 310 Å². The van der Waals surface area contributed by atoms with Crippen LogP contribution in [0, 0.1) is 0 Å². The molecule has 2 amide bonds. The van der Waals surface area contributed by atoms with Crippen molar-refractivity contribution in [2.24, 2.45) is 0 Å². The molecule has 392 valence electrons. The van der Waals surface area contributed by atoms with Crippen molar-refractivity contribution in [3.63, 3.8) is 0 Å². The number of carbonyl (C=O) groups excluding carboxylic acids is 2. The first-order chi connectivity index (χ1) is 33.1. The van der Waals surface area contributed by atoms with Crippen LogP contribution in [-0.2, 0) is 0 Å². The molecule has 0 aliphatic rings.